The van der Waals surface area contributed by atoms with Gasteiger partial charge in [0.1, 0.15) is 5.75 Å². The van der Waals surface area contributed by atoms with Gasteiger partial charge in [-0.05, 0) is 31.2 Å². The molecule has 0 aliphatic carbocycles. The number of Topliss-reactive ketones (excluding diaryl/α,β-unsaturated/α-hetero) is 1. The molecule has 2 aromatic carbocycles. The molecule has 2 aromatic rings. The van der Waals surface area contributed by atoms with Gasteiger partial charge in [-0.3, -0.25) is 9.59 Å². The van der Waals surface area contributed by atoms with Crippen LogP contribution in [0.5, 0.6) is 5.75 Å². The van der Waals surface area contributed by atoms with Crippen LogP contribution in [-0.2, 0) is 4.79 Å². The minimum atomic E-state index is -0.665. The molecule has 1 amide bonds. The zero-order chi connectivity index (χ0) is 14.5. The zero-order valence-corrected chi connectivity index (χ0v) is 11.3. The van der Waals surface area contributed by atoms with Crippen molar-refractivity contribution < 1.29 is 14.3 Å². The maximum atomic E-state index is 12.0. The second-order valence-corrected chi connectivity index (χ2v) is 4.38. The first-order valence-corrected chi connectivity index (χ1v) is 6.16. The van der Waals surface area contributed by atoms with Crippen LogP contribution in [0.3, 0.4) is 0 Å². The van der Waals surface area contributed by atoms with Crippen LogP contribution >= 0.6 is 0 Å². The first kappa shape index (κ1) is 13.8. The maximum Gasteiger partial charge on any atom is 0.296 e. The lowest BCUT2D eigenvalue weighted by Crippen LogP contribution is -2.22. The Bertz CT molecular complexity index is 632. The van der Waals surface area contributed by atoms with E-state index in [1.165, 1.54) is 13.2 Å². The first-order chi connectivity index (χ1) is 9.60. The largest absolute Gasteiger partial charge is 0.497 e. The van der Waals surface area contributed by atoms with Gasteiger partial charge in [-0.15, -0.1) is 0 Å². The van der Waals surface area contributed by atoms with E-state index in [0.29, 0.717) is 17.0 Å². The molecule has 0 bridgehead atoms. The summed E-state index contributed by atoms with van der Waals surface area (Å²) in [6, 6.07) is 13.8. The van der Waals surface area contributed by atoms with Crippen LogP contribution in [-0.4, -0.2) is 18.8 Å². The van der Waals surface area contributed by atoms with Crippen molar-refractivity contribution in [3.05, 3.63) is 59.7 Å². The number of aryl methyl sites for hydroxylation is 1. The van der Waals surface area contributed by atoms with E-state index in [4.69, 9.17) is 4.74 Å². The lowest BCUT2D eigenvalue weighted by atomic mass is 10.1. The molecule has 0 aliphatic heterocycles. The average molecular weight is 269 g/mol. The van der Waals surface area contributed by atoms with Crippen LogP contribution in [0.4, 0.5) is 5.69 Å². The van der Waals surface area contributed by atoms with Crippen molar-refractivity contribution in [2.45, 2.75) is 6.92 Å². The van der Waals surface area contributed by atoms with Crippen LogP contribution < -0.4 is 10.1 Å². The van der Waals surface area contributed by atoms with E-state index in [2.05, 4.69) is 5.32 Å². The van der Waals surface area contributed by atoms with Gasteiger partial charge in [0.2, 0.25) is 0 Å². The lowest BCUT2D eigenvalue weighted by Gasteiger charge is -2.06. The van der Waals surface area contributed by atoms with Crippen molar-refractivity contribution in [2.75, 3.05) is 12.4 Å². The van der Waals surface area contributed by atoms with E-state index >= 15 is 0 Å². The van der Waals surface area contributed by atoms with Gasteiger partial charge in [-0.25, -0.2) is 0 Å². The van der Waals surface area contributed by atoms with Crippen molar-refractivity contribution in [3.63, 3.8) is 0 Å². The zero-order valence-electron chi connectivity index (χ0n) is 11.3. The predicted octanol–water partition coefficient (Wildman–Crippen LogP) is 2.83. The number of carbonyl (C=O) groups excluding carboxylic acids is 2. The second-order valence-electron chi connectivity index (χ2n) is 4.38. The molecular formula is C16H15NO3. The Balaban J connectivity index is 2.12. The highest BCUT2D eigenvalue weighted by molar-refractivity contribution is 6.46. The number of anilines is 1. The summed E-state index contributed by atoms with van der Waals surface area (Å²) in [5.41, 5.74) is 1.98. The lowest BCUT2D eigenvalue weighted by molar-refractivity contribution is -0.112. The fourth-order valence-electron chi connectivity index (χ4n) is 1.72. The molecule has 0 radical (unpaired) electrons. The van der Waals surface area contributed by atoms with Crippen molar-refractivity contribution in [1.29, 1.82) is 0 Å². The molecular weight excluding hydrogens is 254 g/mol. The molecule has 102 valence electrons. The number of methoxy groups -OCH3 is 1. The molecule has 0 saturated heterocycles. The van der Waals surface area contributed by atoms with E-state index in [9.17, 15) is 9.59 Å². The van der Waals surface area contributed by atoms with Gasteiger partial charge in [0.05, 0.1) is 7.11 Å². The number of amides is 1. The summed E-state index contributed by atoms with van der Waals surface area (Å²) in [5, 5.41) is 2.58. The molecule has 0 spiro atoms. The topological polar surface area (TPSA) is 55.4 Å². The highest BCUT2D eigenvalue weighted by Gasteiger charge is 2.16. The molecule has 4 nitrogen and oxygen atoms in total. The van der Waals surface area contributed by atoms with E-state index in [0.717, 1.165) is 5.56 Å². The van der Waals surface area contributed by atoms with Gasteiger partial charge in [0.25, 0.3) is 11.7 Å². The third kappa shape index (κ3) is 3.23. The fraction of sp³-hybridized carbons (Fsp3) is 0.125. The Labute approximate surface area is 117 Å². The Kier molecular flexibility index (Phi) is 4.15. The molecule has 0 aliphatic rings. The third-order valence-corrected chi connectivity index (χ3v) is 2.85. The Hall–Kier alpha value is -2.62. The van der Waals surface area contributed by atoms with Gasteiger partial charge >= 0.3 is 0 Å². The van der Waals surface area contributed by atoms with Crippen molar-refractivity contribution in [2.24, 2.45) is 0 Å². The molecule has 0 saturated carbocycles. The highest BCUT2D eigenvalue weighted by atomic mass is 16.5. The Morgan fingerprint density at radius 1 is 1.05 bits per heavy atom. The number of carbonyl (C=O) groups is 2. The van der Waals surface area contributed by atoms with Crippen molar-refractivity contribution in [1.82, 2.24) is 0 Å². The summed E-state index contributed by atoms with van der Waals surface area (Å²) in [6.45, 7) is 1.95. The summed E-state index contributed by atoms with van der Waals surface area (Å²) in [4.78, 5) is 23.9. The first-order valence-electron chi connectivity index (χ1n) is 6.16. The van der Waals surface area contributed by atoms with Crippen molar-refractivity contribution in [3.8, 4) is 5.75 Å². The fourth-order valence-corrected chi connectivity index (χ4v) is 1.72. The molecule has 0 heterocycles. The number of nitrogens with one attached hydrogen (secondary N) is 1. The molecule has 0 aromatic heterocycles. The van der Waals surface area contributed by atoms with Crippen molar-refractivity contribution >= 4 is 17.4 Å². The number of hydrogen-bond donors (Lipinski definition) is 1. The SMILES string of the molecule is COc1cccc(C(=O)C(=O)Nc2ccc(C)cc2)c1. The highest BCUT2D eigenvalue weighted by Crippen LogP contribution is 2.14. The van der Waals surface area contributed by atoms with Crippen LogP contribution in [0.2, 0.25) is 0 Å². The quantitative estimate of drug-likeness (QED) is 0.686. The van der Waals surface area contributed by atoms with Gasteiger partial charge in [-0.2, -0.15) is 0 Å². The second kappa shape index (κ2) is 6.02. The summed E-state index contributed by atoms with van der Waals surface area (Å²) in [5.74, 6) is -0.717. The van der Waals surface area contributed by atoms with Crippen LogP contribution in [0.25, 0.3) is 0 Å². The number of hydrogen-bond acceptors (Lipinski definition) is 3. The average Bonchev–Trinajstić information content (AvgIpc) is 2.48. The van der Waals surface area contributed by atoms with E-state index in [1.807, 2.05) is 19.1 Å². The summed E-state index contributed by atoms with van der Waals surface area (Å²) in [7, 11) is 1.51. The predicted molar refractivity (Wildman–Crippen MR) is 77.1 cm³/mol. The molecule has 4 heteroatoms. The van der Waals surface area contributed by atoms with Crippen LogP contribution in [0.1, 0.15) is 15.9 Å². The summed E-state index contributed by atoms with van der Waals surface area (Å²) < 4.78 is 5.03. The van der Waals surface area contributed by atoms with Crippen LogP contribution in [0, 0.1) is 6.92 Å². The molecule has 1 N–H and O–H groups in total. The number of ether oxygens (including phenoxy) is 1. The smallest absolute Gasteiger partial charge is 0.296 e. The monoisotopic (exact) mass is 269 g/mol. The molecule has 20 heavy (non-hydrogen) atoms. The number of ketones is 1. The van der Waals surface area contributed by atoms with E-state index < -0.39 is 11.7 Å². The summed E-state index contributed by atoms with van der Waals surface area (Å²) >= 11 is 0. The van der Waals surface area contributed by atoms with Gasteiger partial charge in [0.15, 0.2) is 0 Å². The molecule has 0 fully saturated rings. The van der Waals surface area contributed by atoms with Gasteiger partial charge < -0.3 is 10.1 Å². The summed E-state index contributed by atoms with van der Waals surface area (Å²) in [6.07, 6.45) is 0. The third-order valence-electron chi connectivity index (χ3n) is 2.85. The maximum absolute atomic E-state index is 12.0. The minimum absolute atomic E-state index is 0.300. The normalized spacial score (nSPS) is 9.90. The minimum Gasteiger partial charge on any atom is -0.497 e. The van der Waals surface area contributed by atoms with Crippen LogP contribution in [0.15, 0.2) is 48.5 Å². The molecule has 0 atom stereocenters. The van der Waals surface area contributed by atoms with E-state index in [1.54, 1.807) is 30.3 Å². The van der Waals surface area contributed by atoms with Gasteiger partial charge in [0, 0.05) is 11.3 Å². The Morgan fingerprint density at radius 2 is 1.75 bits per heavy atom. The van der Waals surface area contributed by atoms with E-state index in [-0.39, 0.29) is 0 Å². The molecule has 2 rings (SSSR count). The van der Waals surface area contributed by atoms with Gasteiger partial charge in [-0.1, -0.05) is 29.8 Å². The standard InChI is InChI=1S/C16H15NO3/c1-11-6-8-13(9-7-11)17-16(19)15(18)12-4-3-5-14(10-12)20-2/h3-10H,1-2H3,(H,17,19). The molecule has 0 unspecified atom stereocenters. The number of benzene rings is 2. The number of rotatable bonds is 4. The Morgan fingerprint density at radius 3 is 2.40 bits per heavy atom.